The van der Waals surface area contributed by atoms with E-state index in [1.54, 1.807) is 12.1 Å². The second-order valence-corrected chi connectivity index (χ2v) is 6.74. The lowest BCUT2D eigenvalue weighted by atomic mass is 10.1. The Bertz CT molecular complexity index is 615. The highest BCUT2D eigenvalue weighted by Crippen LogP contribution is 2.23. The van der Waals surface area contributed by atoms with Crippen molar-refractivity contribution < 1.29 is 24.2 Å². The summed E-state index contributed by atoms with van der Waals surface area (Å²) >= 11 is 0. The Balaban J connectivity index is 2.48. The fourth-order valence-electron chi connectivity index (χ4n) is 2.73. The number of aliphatic carboxylic acids is 1. The number of ether oxygens (including phenoxy) is 2. The van der Waals surface area contributed by atoms with Crippen LogP contribution in [0.1, 0.15) is 63.9 Å². The Labute approximate surface area is 167 Å². The molecule has 6 nitrogen and oxygen atoms in total. The highest BCUT2D eigenvalue weighted by molar-refractivity contribution is 5.86. The fraction of sp³-hybridized carbons (Fsp3) is 0.545. The van der Waals surface area contributed by atoms with E-state index in [2.05, 4.69) is 18.8 Å². The second kappa shape index (κ2) is 14.5. The third-order valence-corrected chi connectivity index (χ3v) is 4.22. The maximum absolute atomic E-state index is 11.4. The van der Waals surface area contributed by atoms with Gasteiger partial charge in [0.25, 0.3) is 0 Å². The molecular formula is C22H33NO5. The molecule has 0 atom stereocenters. The summed E-state index contributed by atoms with van der Waals surface area (Å²) in [6, 6.07) is 5.18. The van der Waals surface area contributed by atoms with Crippen molar-refractivity contribution in [1.29, 1.82) is 0 Å². The largest absolute Gasteiger partial charge is 0.493 e. The Hall–Kier alpha value is -2.50. The highest BCUT2D eigenvalue weighted by Gasteiger charge is 2.07. The Morgan fingerprint density at radius 2 is 1.61 bits per heavy atom. The quantitative estimate of drug-likeness (QED) is 0.321. The van der Waals surface area contributed by atoms with Crippen LogP contribution in [0, 0.1) is 0 Å². The number of amides is 1. The van der Waals surface area contributed by atoms with Crippen molar-refractivity contribution in [3.63, 3.8) is 0 Å². The molecular weight excluding hydrogens is 358 g/mol. The van der Waals surface area contributed by atoms with Crippen LogP contribution >= 0.6 is 0 Å². The van der Waals surface area contributed by atoms with E-state index in [-0.39, 0.29) is 12.5 Å². The summed E-state index contributed by atoms with van der Waals surface area (Å²) in [6.45, 7) is 6.08. The van der Waals surface area contributed by atoms with Gasteiger partial charge in [-0.05, 0) is 30.2 Å². The number of carboxylic acid groups (broad SMARTS) is 1. The van der Waals surface area contributed by atoms with E-state index in [0.29, 0.717) is 18.1 Å². The average molecular weight is 392 g/mol. The van der Waals surface area contributed by atoms with Crippen molar-refractivity contribution in [2.75, 3.05) is 13.2 Å². The van der Waals surface area contributed by atoms with E-state index >= 15 is 0 Å². The second-order valence-electron chi connectivity index (χ2n) is 6.74. The van der Waals surface area contributed by atoms with Crippen molar-refractivity contribution in [3.8, 4) is 11.5 Å². The molecule has 0 aromatic heterocycles. The molecule has 0 spiro atoms. The van der Waals surface area contributed by atoms with E-state index < -0.39 is 12.6 Å². The van der Waals surface area contributed by atoms with E-state index in [1.807, 2.05) is 6.07 Å². The summed E-state index contributed by atoms with van der Waals surface area (Å²) in [7, 11) is 0. The van der Waals surface area contributed by atoms with Gasteiger partial charge in [-0.2, -0.15) is 0 Å². The molecule has 2 N–H and O–H groups in total. The molecule has 0 aliphatic rings. The van der Waals surface area contributed by atoms with Crippen LogP contribution in [0.15, 0.2) is 30.9 Å². The number of benzene rings is 1. The van der Waals surface area contributed by atoms with Gasteiger partial charge in [0.2, 0.25) is 5.91 Å². The zero-order valence-corrected chi connectivity index (χ0v) is 16.9. The minimum Gasteiger partial charge on any atom is -0.493 e. The van der Waals surface area contributed by atoms with Crippen LogP contribution in [0.4, 0.5) is 0 Å². The zero-order chi connectivity index (χ0) is 20.6. The average Bonchev–Trinajstić information content (AvgIpc) is 2.69. The number of hydrogen-bond donors (Lipinski definition) is 2. The smallest absolute Gasteiger partial charge is 0.341 e. The topological polar surface area (TPSA) is 84.9 Å². The summed E-state index contributed by atoms with van der Waals surface area (Å²) in [5.41, 5.74) is 0.768. The predicted molar refractivity (Wildman–Crippen MR) is 110 cm³/mol. The normalized spacial score (nSPS) is 10.3. The molecule has 1 rings (SSSR count). The van der Waals surface area contributed by atoms with Crippen LogP contribution in [0.3, 0.4) is 0 Å². The monoisotopic (exact) mass is 391 g/mol. The minimum absolute atomic E-state index is 0.279. The zero-order valence-electron chi connectivity index (χ0n) is 16.9. The lowest BCUT2D eigenvalue weighted by Gasteiger charge is -2.12. The summed E-state index contributed by atoms with van der Waals surface area (Å²) < 4.78 is 11.1. The van der Waals surface area contributed by atoms with Gasteiger partial charge in [0.05, 0.1) is 6.61 Å². The van der Waals surface area contributed by atoms with Crippen LogP contribution in [-0.2, 0) is 16.1 Å². The van der Waals surface area contributed by atoms with Crippen molar-refractivity contribution in [3.05, 3.63) is 36.4 Å². The van der Waals surface area contributed by atoms with Gasteiger partial charge in [-0.25, -0.2) is 4.79 Å². The van der Waals surface area contributed by atoms with Crippen molar-refractivity contribution in [2.45, 2.75) is 64.8 Å². The van der Waals surface area contributed by atoms with Gasteiger partial charge >= 0.3 is 5.97 Å². The molecule has 0 saturated heterocycles. The number of carbonyl (C=O) groups is 2. The lowest BCUT2D eigenvalue weighted by molar-refractivity contribution is -0.139. The molecule has 0 unspecified atom stereocenters. The SMILES string of the molecule is C=CC(=O)NCc1cc(OCCCCCCCCCC)cc(OCC(=O)O)c1. The van der Waals surface area contributed by atoms with Crippen LogP contribution in [0.25, 0.3) is 0 Å². The molecule has 156 valence electrons. The van der Waals surface area contributed by atoms with Gasteiger partial charge in [-0.3, -0.25) is 4.79 Å². The first-order chi connectivity index (χ1) is 13.5. The molecule has 1 aromatic rings. The number of hydrogen-bond acceptors (Lipinski definition) is 4. The number of rotatable bonds is 16. The van der Waals surface area contributed by atoms with Gasteiger partial charge < -0.3 is 19.9 Å². The number of nitrogens with one attached hydrogen (secondary N) is 1. The van der Waals surface area contributed by atoms with Crippen LogP contribution in [0.5, 0.6) is 11.5 Å². The third-order valence-electron chi connectivity index (χ3n) is 4.22. The van der Waals surface area contributed by atoms with Gasteiger partial charge in [0, 0.05) is 12.6 Å². The van der Waals surface area contributed by atoms with Gasteiger partial charge in [0.15, 0.2) is 6.61 Å². The summed E-state index contributed by atoms with van der Waals surface area (Å²) in [5.74, 6) is -0.322. The molecule has 0 saturated carbocycles. The van der Waals surface area contributed by atoms with E-state index in [9.17, 15) is 9.59 Å². The first-order valence-corrected chi connectivity index (χ1v) is 10.1. The van der Waals surface area contributed by atoms with Crippen molar-refractivity contribution >= 4 is 11.9 Å². The molecule has 1 amide bonds. The maximum atomic E-state index is 11.4. The molecule has 6 heteroatoms. The lowest BCUT2D eigenvalue weighted by Crippen LogP contribution is -2.20. The first kappa shape index (κ1) is 23.5. The molecule has 0 aliphatic heterocycles. The Kier molecular flexibility index (Phi) is 12.2. The molecule has 0 radical (unpaired) electrons. The standard InChI is InChI=1S/C22H33NO5/c1-3-5-6-7-8-9-10-11-12-27-19-13-18(16-23-21(24)4-2)14-20(15-19)28-17-22(25)26/h4,13-15H,2-3,5-12,16-17H2,1H3,(H,23,24)(H,25,26). The van der Waals surface area contributed by atoms with Crippen molar-refractivity contribution in [2.24, 2.45) is 0 Å². The molecule has 0 heterocycles. The van der Waals surface area contributed by atoms with E-state index in [1.165, 1.54) is 44.6 Å². The fourth-order valence-corrected chi connectivity index (χ4v) is 2.73. The number of carboxylic acids is 1. The number of unbranched alkanes of at least 4 members (excludes halogenated alkanes) is 7. The molecule has 1 aromatic carbocycles. The van der Waals surface area contributed by atoms with Crippen LogP contribution in [0.2, 0.25) is 0 Å². The number of carbonyl (C=O) groups excluding carboxylic acids is 1. The summed E-state index contributed by atoms with van der Waals surface area (Å²) in [5, 5.41) is 11.5. The Morgan fingerprint density at radius 3 is 2.21 bits per heavy atom. The molecule has 0 bridgehead atoms. The first-order valence-electron chi connectivity index (χ1n) is 10.1. The van der Waals surface area contributed by atoms with Crippen LogP contribution < -0.4 is 14.8 Å². The van der Waals surface area contributed by atoms with E-state index in [4.69, 9.17) is 14.6 Å². The van der Waals surface area contributed by atoms with Gasteiger partial charge in [-0.15, -0.1) is 0 Å². The molecule has 28 heavy (non-hydrogen) atoms. The summed E-state index contributed by atoms with van der Waals surface area (Å²) in [6.07, 6.45) is 11.0. The molecule has 0 aliphatic carbocycles. The third kappa shape index (κ3) is 11.3. The van der Waals surface area contributed by atoms with Gasteiger partial charge in [-0.1, -0.05) is 58.4 Å². The molecule has 0 fully saturated rings. The minimum atomic E-state index is -1.05. The highest BCUT2D eigenvalue weighted by atomic mass is 16.5. The van der Waals surface area contributed by atoms with Crippen molar-refractivity contribution in [1.82, 2.24) is 5.32 Å². The predicted octanol–water partition coefficient (Wildman–Crippen LogP) is 4.47. The van der Waals surface area contributed by atoms with Gasteiger partial charge in [0.1, 0.15) is 11.5 Å². The maximum Gasteiger partial charge on any atom is 0.341 e. The van der Waals surface area contributed by atoms with E-state index in [0.717, 1.165) is 18.4 Å². The summed E-state index contributed by atoms with van der Waals surface area (Å²) in [4.78, 5) is 22.1. The Morgan fingerprint density at radius 1 is 1.00 bits per heavy atom. The van der Waals surface area contributed by atoms with Crippen LogP contribution in [-0.4, -0.2) is 30.2 Å².